The zero-order valence-corrected chi connectivity index (χ0v) is 12.8. The first kappa shape index (κ1) is 14.1. The summed E-state index contributed by atoms with van der Waals surface area (Å²) in [4.78, 5) is 4.33. The molecule has 4 nitrogen and oxygen atoms in total. The second kappa shape index (κ2) is 6.31. The van der Waals surface area contributed by atoms with Crippen molar-refractivity contribution in [3.05, 3.63) is 47.5 Å². The van der Waals surface area contributed by atoms with Crippen LogP contribution in [0.25, 0.3) is 0 Å². The lowest BCUT2D eigenvalue weighted by Gasteiger charge is -2.14. The molecule has 21 heavy (non-hydrogen) atoms. The second-order valence-electron chi connectivity index (χ2n) is 5.53. The molecular weight excluding hydrogens is 262 g/mol. The molecule has 1 atom stereocenters. The van der Waals surface area contributed by atoms with Gasteiger partial charge in [-0.05, 0) is 36.6 Å². The fraction of sp³-hybridized carbons (Fsp3) is 0.471. The fourth-order valence-corrected chi connectivity index (χ4v) is 3.10. The highest BCUT2D eigenvalue weighted by atomic mass is 16.5. The van der Waals surface area contributed by atoms with Crippen LogP contribution in [0, 0.1) is 0 Å². The molecule has 0 saturated heterocycles. The maximum atomic E-state index is 6.02. The van der Waals surface area contributed by atoms with Crippen molar-refractivity contribution in [3.63, 3.8) is 0 Å². The lowest BCUT2D eigenvalue weighted by molar-refractivity contribution is 0.314. The molecule has 0 saturated carbocycles. The largest absolute Gasteiger partial charge is 0.493 e. The van der Waals surface area contributed by atoms with Crippen molar-refractivity contribution < 1.29 is 4.74 Å². The molecule has 1 aliphatic rings. The Hall–Kier alpha value is -1.81. The van der Waals surface area contributed by atoms with Gasteiger partial charge in [0.05, 0.1) is 6.61 Å². The smallest absolute Gasteiger partial charge is 0.122 e. The predicted molar refractivity (Wildman–Crippen MR) is 83.6 cm³/mol. The van der Waals surface area contributed by atoms with E-state index >= 15 is 0 Å². The predicted octanol–water partition coefficient (Wildman–Crippen LogP) is 2.64. The van der Waals surface area contributed by atoms with Gasteiger partial charge in [-0.3, -0.25) is 0 Å². The van der Waals surface area contributed by atoms with E-state index in [1.54, 1.807) is 0 Å². The summed E-state index contributed by atoms with van der Waals surface area (Å²) in [5, 5.41) is 3.54. The number of hydrogen-bond acceptors (Lipinski definition) is 3. The van der Waals surface area contributed by atoms with Crippen LogP contribution in [0.2, 0.25) is 0 Å². The standard InChI is InChI=1S/C17H23N3O/c1-3-18-15-8-7-14-13(15)5-4-6-16(14)21-12-9-17-19-10-11-20(17)2/h4-6,10-11,15,18H,3,7-9,12H2,1-2H3. The van der Waals surface area contributed by atoms with Crippen molar-refractivity contribution in [1.82, 2.24) is 14.9 Å². The minimum atomic E-state index is 0.489. The summed E-state index contributed by atoms with van der Waals surface area (Å²) in [6.45, 7) is 3.84. The van der Waals surface area contributed by atoms with Crippen LogP contribution in [0.4, 0.5) is 0 Å². The Balaban J connectivity index is 1.66. The fourth-order valence-electron chi connectivity index (χ4n) is 3.10. The van der Waals surface area contributed by atoms with Crippen LogP contribution in [0.3, 0.4) is 0 Å². The van der Waals surface area contributed by atoms with Gasteiger partial charge in [-0.2, -0.15) is 0 Å². The Morgan fingerprint density at radius 2 is 2.33 bits per heavy atom. The highest BCUT2D eigenvalue weighted by molar-refractivity contribution is 5.45. The highest BCUT2D eigenvalue weighted by Crippen LogP contribution is 2.36. The number of nitrogens with one attached hydrogen (secondary N) is 1. The number of fused-ring (bicyclic) bond motifs is 1. The van der Waals surface area contributed by atoms with Crippen LogP contribution < -0.4 is 10.1 Å². The van der Waals surface area contributed by atoms with E-state index < -0.39 is 0 Å². The Bertz CT molecular complexity index is 606. The molecule has 0 bridgehead atoms. The summed E-state index contributed by atoms with van der Waals surface area (Å²) in [6, 6.07) is 6.90. The Labute approximate surface area is 126 Å². The second-order valence-corrected chi connectivity index (χ2v) is 5.53. The molecule has 2 aromatic rings. The molecular formula is C17H23N3O. The van der Waals surface area contributed by atoms with Crippen molar-refractivity contribution in [2.75, 3.05) is 13.2 Å². The van der Waals surface area contributed by atoms with E-state index in [0.29, 0.717) is 12.6 Å². The Kier molecular flexibility index (Phi) is 4.25. The molecule has 1 aromatic carbocycles. The number of benzene rings is 1. The van der Waals surface area contributed by atoms with E-state index in [4.69, 9.17) is 4.74 Å². The van der Waals surface area contributed by atoms with Gasteiger partial charge in [0, 0.05) is 31.9 Å². The molecule has 112 valence electrons. The monoisotopic (exact) mass is 285 g/mol. The molecule has 1 unspecified atom stereocenters. The third kappa shape index (κ3) is 2.95. The summed E-state index contributed by atoms with van der Waals surface area (Å²) in [7, 11) is 2.02. The molecule has 1 aliphatic carbocycles. The summed E-state index contributed by atoms with van der Waals surface area (Å²) < 4.78 is 8.06. The molecule has 1 heterocycles. The first-order valence-corrected chi connectivity index (χ1v) is 7.73. The lowest BCUT2D eigenvalue weighted by atomic mass is 10.1. The van der Waals surface area contributed by atoms with E-state index in [9.17, 15) is 0 Å². The number of aromatic nitrogens is 2. The Morgan fingerprint density at radius 1 is 1.43 bits per heavy atom. The van der Waals surface area contributed by atoms with Crippen molar-refractivity contribution >= 4 is 0 Å². The van der Waals surface area contributed by atoms with E-state index in [0.717, 1.165) is 31.0 Å². The topological polar surface area (TPSA) is 39.1 Å². The van der Waals surface area contributed by atoms with Crippen molar-refractivity contribution in [2.24, 2.45) is 7.05 Å². The summed E-state index contributed by atoms with van der Waals surface area (Å²) >= 11 is 0. The Morgan fingerprint density at radius 3 is 3.10 bits per heavy atom. The molecule has 0 fully saturated rings. The van der Waals surface area contributed by atoms with E-state index in [2.05, 4.69) is 35.4 Å². The summed E-state index contributed by atoms with van der Waals surface area (Å²) in [5.41, 5.74) is 2.79. The van der Waals surface area contributed by atoms with Gasteiger partial charge < -0.3 is 14.6 Å². The summed E-state index contributed by atoms with van der Waals surface area (Å²) in [5.74, 6) is 2.11. The average Bonchev–Trinajstić information content (AvgIpc) is 3.08. The van der Waals surface area contributed by atoms with Gasteiger partial charge in [0.15, 0.2) is 0 Å². The normalized spacial score (nSPS) is 17.0. The van der Waals surface area contributed by atoms with E-state index in [1.165, 1.54) is 17.5 Å². The molecule has 4 heteroatoms. The minimum Gasteiger partial charge on any atom is -0.493 e. The van der Waals surface area contributed by atoms with Crippen LogP contribution in [0.5, 0.6) is 5.75 Å². The van der Waals surface area contributed by atoms with Gasteiger partial charge in [0.2, 0.25) is 0 Å². The van der Waals surface area contributed by atoms with Gasteiger partial charge in [-0.15, -0.1) is 0 Å². The van der Waals surface area contributed by atoms with E-state index in [1.807, 2.05) is 24.0 Å². The van der Waals surface area contributed by atoms with Crippen LogP contribution in [0.15, 0.2) is 30.6 Å². The molecule has 0 radical (unpaired) electrons. The SMILES string of the molecule is CCNC1CCc2c(OCCc3nccn3C)cccc21. The third-order valence-corrected chi connectivity index (χ3v) is 4.18. The first-order chi connectivity index (χ1) is 10.3. The number of imidazole rings is 1. The van der Waals surface area contributed by atoms with Gasteiger partial charge in [0.1, 0.15) is 11.6 Å². The number of nitrogens with zero attached hydrogens (tertiary/aromatic N) is 2. The van der Waals surface area contributed by atoms with Gasteiger partial charge >= 0.3 is 0 Å². The molecule has 0 amide bonds. The number of ether oxygens (including phenoxy) is 1. The average molecular weight is 285 g/mol. The van der Waals surface area contributed by atoms with Gasteiger partial charge in [-0.1, -0.05) is 19.1 Å². The third-order valence-electron chi connectivity index (χ3n) is 4.18. The molecule has 0 spiro atoms. The maximum absolute atomic E-state index is 6.02. The molecule has 0 aliphatic heterocycles. The van der Waals surface area contributed by atoms with Gasteiger partial charge in [-0.25, -0.2) is 4.98 Å². The summed E-state index contributed by atoms with van der Waals surface area (Å²) in [6.07, 6.45) is 6.91. The highest BCUT2D eigenvalue weighted by Gasteiger charge is 2.24. The zero-order valence-electron chi connectivity index (χ0n) is 12.8. The van der Waals surface area contributed by atoms with Gasteiger partial charge in [0.25, 0.3) is 0 Å². The molecule has 1 N–H and O–H groups in total. The molecule has 1 aromatic heterocycles. The first-order valence-electron chi connectivity index (χ1n) is 7.73. The maximum Gasteiger partial charge on any atom is 0.122 e. The lowest BCUT2D eigenvalue weighted by Crippen LogP contribution is -2.18. The van der Waals surface area contributed by atoms with E-state index in [-0.39, 0.29) is 0 Å². The van der Waals surface area contributed by atoms with Crippen LogP contribution >= 0.6 is 0 Å². The zero-order chi connectivity index (χ0) is 14.7. The van der Waals surface area contributed by atoms with Crippen LogP contribution in [0.1, 0.15) is 36.3 Å². The molecule has 3 rings (SSSR count). The number of aryl methyl sites for hydroxylation is 1. The van der Waals surface area contributed by atoms with Crippen molar-refractivity contribution in [1.29, 1.82) is 0 Å². The van der Waals surface area contributed by atoms with Crippen LogP contribution in [-0.2, 0) is 19.9 Å². The number of rotatable bonds is 6. The van der Waals surface area contributed by atoms with Crippen molar-refractivity contribution in [2.45, 2.75) is 32.2 Å². The number of hydrogen-bond donors (Lipinski definition) is 1. The minimum absolute atomic E-state index is 0.489. The van der Waals surface area contributed by atoms with Crippen molar-refractivity contribution in [3.8, 4) is 5.75 Å². The van der Waals surface area contributed by atoms with Crippen LogP contribution in [-0.4, -0.2) is 22.7 Å². The quantitative estimate of drug-likeness (QED) is 0.887.